The van der Waals surface area contributed by atoms with E-state index in [9.17, 15) is 10.4 Å². The first-order chi connectivity index (χ1) is 9.10. The number of nitrogens with zero attached hydrogens (tertiary/aromatic N) is 1. The number of hydrogen-bond donors (Lipinski definition) is 1. The lowest BCUT2D eigenvalue weighted by atomic mass is 9.88. The van der Waals surface area contributed by atoms with Crippen molar-refractivity contribution in [3.63, 3.8) is 0 Å². The molecule has 19 heavy (non-hydrogen) atoms. The van der Waals surface area contributed by atoms with E-state index < -0.39 is 0 Å². The van der Waals surface area contributed by atoms with E-state index in [0.717, 1.165) is 5.56 Å². The Morgan fingerprint density at radius 3 is 2.68 bits per heavy atom. The Kier molecular flexibility index (Phi) is 4.08. The SMILES string of the molecule is CC(C)c1ccc(OCC2(CO)COC2)c(C#N)c1. The van der Waals surface area contributed by atoms with Crippen LogP contribution < -0.4 is 4.74 Å². The standard InChI is InChI=1S/C15H19NO3/c1-11(2)12-3-4-14(13(5-12)6-16)19-10-15(7-17)8-18-9-15/h3-5,11,17H,7-10H2,1-2H3. The van der Waals surface area contributed by atoms with Gasteiger partial charge in [-0.25, -0.2) is 0 Å². The molecule has 4 nitrogen and oxygen atoms in total. The summed E-state index contributed by atoms with van der Waals surface area (Å²) in [6.45, 7) is 5.61. The van der Waals surface area contributed by atoms with E-state index in [1.54, 1.807) is 0 Å². The number of rotatable bonds is 5. The molecule has 1 aliphatic rings. The van der Waals surface area contributed by atoms with Gasteiger partial charge in [0, 0.05) is 0 Å². The lowest BCUT2D eigenvalue weighted by Gasteiger charge is -2.39. The Morgan fingerprint density at radius 2 is 2.21 bits per heavy atom. The molecule has 2 rings (SSSR count). The van der Waals surface area contributed by atoms with Gasteiger partial charge in [-0.3, -0.25) is 0 Å². The molecular weight excluding hydrogens is 242 g/mol. The first-order valence-corrected chi connectivity index (χ1v) is 6.46. The minimum Gasteiger partial charge on any atom is -0.491 e. The van der Waals surface area contributed by atoms with Crippen LogP contribution in [0.4, 0.5) is 0 Å². The first kappa shape index (κ1) is 13.9. The fourth-order valence-electron chi connectivity index (χ4n) is 1.96. The molecule has 0 spiro atoms. The molecule has 0 bridgehead atoms. The van der Waals surface area contributed by atoms with Crippen LogP contribution >= 0.6 is 0 Å². The molecule has 0 aliphatic carbocycles. The molecule has 1 heterocycles. The molecule has 0 radical (unpaired) electrons. The van der Waals surface area contributed by atoms with Crippen LogP contribution in [-0.4, -0.2) is 31.5 Å². The van der Waals surface area contributed by atoms with Gasteiger partial charge in [-0.15, -0.1) is 0 Å². The Balaban J connectivity index is 2.10. The van der Waals surface area contributed by atoms with Crippen LogP contribution in [0.5, 0.6) is 5.75 Å². The van der Waals surface area contributed by atoms with Gasteiger partial charge in [0.05, 0.1) is 30.8 Å². The van der Waals surface area contributed by atoms with Crippen LogP contribution in [0.15, 0.2) is 18.2 Å². The summed E-state index contributed by atoms with van der Waals surface area (Å²) in [7, 11) is 0. The van der Waals surface area contributed by atoms with Crippen LogP contribution in [-0.2, 0) is 4.74 Å². The molecule has 0 unspecified atom stereocenters. The van der Waals surface area contributed by atoms with Crippen molar-refractivity contribution >= 4 is 0 Å². The summed E-state index contributed by atoms with van der Waals surface area (Å²) >= 11 is 0. The molecule has 1 saturated heterocycles. The van der Waals surface area contributed by atoms with E-state index in [1.807, 2.05) is 18.2 Å². The highest BCUT2D eigenvalue weighted by atomic mass is 16.5. The van der Waals surface area contributed by atoms with Gasteiger partial charge in [0.15, 0.2) is 0 Å². The van der Waals surface area contributed by atoms with Gasteiger partial charge in [-0.2, -0.15) is 5.26 Å². The zero-order valence-corrected chi connectivity index (χ0v) is 11.3. The third-order valence-electron chi connectivity index (χ3n) is 3.48. The van der Waals surface area contributed by atoms with E-state index >= 15 is 0 Å². The minimum absolute atomic E-state index is 0.0406. The molecule has 0 aromatic heterocycles. The summed E-state index contributed by atoms with van der Waals surface area (Å²) in [5.41, 5.74) is 1.36. The van der Waals surface area contributed by atoms with Gasteiger partial charge < -0.3 is 14.6 Å². The third-order valence-corrected chi connectivity index (χ3v) is 3.48. The van der Waals surface area contributed by atoms with E-state index in [0.29, 0.717) is 37.1 Å². The zero-order chi connectivity index (χ0) is 13.9. The average Bonchev–Trinajstić information content (AvgIpc) is 2.37. The Morgan fingerprint density at radius 1 is 1.47 bits per heavy atom. The second-order valence-corrected chi connectivity index (χ2v) is 5.46. The summed E-state index contributed by atoms with van der Waals surface area (Å²) in [6, 6.07) is 7.83. The lowest BCUT2D eigenvalue weighted by molar-refractivity contribution is -0.153. The predicted octanol–water partition coefficient (Wildman–Crippen LogP) is 2.07. The summed E-state index contributed by atoms with van der Waals surface area (Å²) in [5, 5.41) is 18.5. The van der Waals surface area contributed by atoms with Crippen molar-refractivity contribution in [1.29, 1.82) is 5.26 Å². The number of ether oxygens (including phenoxy) is 2. The van der Waals surface area contributed by atoms with Crippen molar-refractivity contribution < 1.29 is 14.6 Å². The monoisotopic (exact) mass is 261 g/mol. The Bertz CT molecular complexity index is 481. The number of aliphatic hydroxyl groups is 1. The van der Waals surface area contributed by atoms with Gasteiger partial charge in [-0.05, 0) is 23.6 Å². The number of benzene rings is 1. The van der Waals surface area contributed by atoms with Crippen molar-refractivity contribution in [2.45, 2.75) is 19.8 Å². The number of hydrogen-bond acceptors (Lipinski definition) is 4. The van der Waals surface area contributed by atoms with Crippen molar-refractivity contribution in [2.75, 3.05) is 26.4 Å². The van der Waals surface area contributed by atoms with Gasteiger partial charge in [0.1, 0.15) is 18.4 Å². The predicted molar refractivity (Wildman–Crippen MR) is 71.1 cm³/mol. The zero-order valence-electron chi connectivity index (χ0n) is 11.3. The van der Waals surface area contributed by atoms with E-state index in [-0.39, 0.29) is 12.0 Å². The molecule has 4 heteroatoms. The van der Waals surface area contributed by atoms with Crippen LogP contribution in [0, 0.1) is 16.7 Å². The summed E-state index contributed by atoms with van der Waals surface area (Å²) in [4.78, 5) is 0. The maximum Gasteiger partial charge on any atom is 0.137 e. The quantitative estimate of drug-likeness (QED) is 0.881. The lowest BCUT2D eigenvalue weighted by Crippen LogP contribution is -2.49. The molecule has 1 aromatic carbocycles. The van der Waals surface area contributed by atoms with Gasteiger partial charge in [-0.1, -0.05) is 19.9 Å². The highest BCUT2D eigenvalue weighted by Crippen LogP contribution is 2.30. The fraction of sp³-hybridized carbons (Fsp3) is 0.533. The molecule has 0 atom stereocenters. The van der Waals surface area contributed by atoms with E-state index in [2.05, 4.69) is 19.9 Å². The van der Waals surface area contributed by atoms with Crippen molar-refractivity contribution in [3.8, 4) is 11.8 Å². The van der Waals surface area contributed by atoms with Crippen LogP contribution in [0.2, 0.25) is 0 Å². The molecule has 1 N–H and O–H groups in total. The van der Waals surface area contributed by atoms with Gasteiger partial charge in [0.2, 0.25) is 0 Å². The second kappa shape index (κ2) is 5.60. The summed E-state index contributed by atoms with van der Waals surface area (Å²) in [5.74, 6) is 0.955. The second-order valence-electron chi connectivity index (χ2n) is 5.46. The molecule has 1 aromatic rings. The van der Waals surface area contributed by atoms with Crippen molar-refractivity contribution in [2.24, 2.45) is 5.41 Å². The highest BCUT2D eigenvalue weighted by molar-refractivity contribution is 5.46. The normalized spacial score (nSPS) is 16.8. The smallest absolute Gasteiger partial charge is 0.137 e. The van der Waals surface area contributed by atoms with Crippen molar-refractivity contribution in [3.05, 3.63) is 29.3 Å². The average molecular weight is 261 g/mol. The van der Waals surface area contributed by atoms with E-state index in [4.69, 9.17) is 9.47 Å². The molecule has 0 saturated carbocycles. The fourth-order valence-corrected chi connectivity index (χ4v) is 1.96. The van der Waals surface area contributed by atoms with Crippen LogP contribution in [0.3, 0.4) is 0 Å². The largest absolute Gasteiger partial charge is 0.491 e. The Labute approximate surface area is 113 Å². The maximum atomic E-state index is 9.33. The van der Waals surface area contributed by atoms with Gasteiger partial charge in [0.25, 0.3) is 0 Å². The molecule has 1 fully saturated rings. The molecular formula is C15H19NO3. The molecule has 102 valence electrons. The van der Waals surface area contributed by atoms with Crippen molar-refractivity contribution in [1.82, 2.24) is 0 Å². The van der Waals surface area contributed by atoms with Crippen LogP contribution in [0.1, 0.15) is 30.9 Å². The molecule has 1 aliphatic heterocycles. The number of aliphatic hydroxyl groups excluding tert-OH is 1. The summed E-state index contributed by atoms with van der Waals surface area (Å²) in [6.07, 6.45) is 0. The molecule has 0 amide bonds. The first-order valence-electron chi connectivity index (χ1n) is 6.46. The topological polar surface area (TPSA) is 62.5 Å². The maximum absolute atomic E-state index is 9.33. The highest BCUT2D eigenvalue weighted by Gasteiger charge is 2.39. The third kappa shape index (κ3) is 2.89. The van der Waals surface area contributed by atoms with Gasteiger partial charge >= 0.3 is 0 Å². The minimum atomic E-state index is -0.302. The number of nitriles is 1. The Hall–Kier alpha value is -1.57. The summed E-state index contributed by atoms with van der Waals surface area (Å²) < 4.78 is 10.8. The van der Waals surface area contributed by atoms with E-state index in [1.165, 1.54) is 0 Å². The van der Waals surface area contributed by atoms with Crippen LogP contribution in [0.25, 0.3) is 0 Å².